The molecular weight excluding hydrogens is 450 g/mol. The molecule has 2 saturated heterocycles. The molecule has 1 aromatic carbocycles. The molecule has 1 spiro atoms. The molecule has 0 bridgehead atoms. The number of rotatable bonds is 8. The van der Waals surface area contributed by atoms with E-state index in [4.69, 9.17) is 0 Å². The van der Waals surface area contributed by atoms with Gasteiger partial charge >= 0.3 is 0 Å². The molecule has 1 amide bonds. The van der Waals surface area contributed by atoms with Gasteiger partial charge in [0.2, 0.25) is 0 Å². The number of aromatic amines is 2. The first-order valence-electron chi connectivity index (χ1n) is 13.1. The number of benzene rings is 1. The van der Waals surface area contributed by atoms with Gasteiger partial charge in [-0.3, -0.25) is 9.69 Å². The van der Waals surface area contributed by atoms with Gasteiger partial charge in [0.25, 0.3) is 5.91 Å². The first kappa shape index (κ1) is 24.7. The number of piperidine rings is 1. The van der Waals surface area contributed by atoms with Crippen LogP contribution in [0.4, 0.5) is 0 Å². The van der Waals surface area contributed by atoms with Gasteiger partial charge in [-0.15, -0.1) is 0 Å². The first-order chi connectivity index (χ1) is 17.3. The Kier molecular flexibility index (Phi) is 6.99. The highest BCUT2D eigenvalue weighted by Crippen LogP contribution is 2.41. The van der Waals surface area contributed by atoms with E-state index in [0.29, 0.717) is 29.5 Å². The summed E-state index contributed by atoms with van der Waals surface area (Å²) in [5.74, 6) is 1.48. The van der Waals surface area contributed by atoms with E-state index in [1.807, 2.05) is 12.1 Å². The summed E-state index contributed by atoms with van der Waals surface area (Å²) in [6.07, 6.45) is 9.53. The fourth-order valence-corrected chi connectivity index (χ4v) is 5.71. The maximum atomic E-state index is 13.4. The summed E-state index contributed by atoms with van der Waals surface area (Å²) in [6, 6.07) is 8.11. The van der Waals surface area contributed by atoms with Gasteiger partial charge in [-0.2, -0.15) is 0 Å². The van der Waals surface area contributed by atoms with E-state index in [0.717, 1.165) is 31.3 Å². The Balaban J connectivity index is 1.15. The Morgan fingerprint density at radius 1 is 0.944 bits per heavy atom. The molecule has 2 fully saturated rings. The average Bonchev–Trinajstić information content (AvgIpc) is 3.53. The summed E-state index contributed by atoms with van der Waals surface area (Å²) in [5.41, 5.74) is 2.87. The summed E-state index contributed by atoms with van der Waals surface area (Å²) in [6.45, 7) is 14.8. The van der Waals surface area contributed by atoms with Gasteiger partial charge in [-0.05, 0) is 54.5 Å². The van der Waals surface area contributed by atoms with Crippen molar-refractivity contribution in [3.63, 3.8) is 0 Å². The van der Waals surface area contributed by atoms with E-state index >= 15 is 0 Å². The number of carbonyl (C=O) groups is 1. The lowest BCUT2D eigenvalue weighted by molar-refractivity contribution is -0.0607. The maximum Gasteiger partial charge on any atom is 0.254 e. The number of nitrogens with one attached hydrogen (secondary N) is 2. The Morgan fingerprint density at radius 2 is 1.53 bits per heavy atom. The minimum absolute atomic E-state index is 0.0286. The lowest BCUT2D eigenvalue weighted by Gasteiger charge is -2.55. The predicted molar refractivity (Wildman–Crippen MR) is 140 cm³/mol. The molecule has 2 aliphatic rings. The normalized spacial score (nSPS) is 18.3. The lowest BCUT2D eigenvalue weighted by atomic mass is 9.71. The minimum atomic E-state index is -0.0286. The molecule has 0 radical (unpaired) electrons. The van der Waals surface area contributed by atoms with Crippen LogP contribution >= 0.6 is 0 Å². The Labute approximate surface area is 214 Å². The van der Waals surface area contributed by atoms with Crippen LogP contribution in [0.3, 0.4) is 0 Å². The third-order valence-electron chi connectivity index (χ3n) is 7.42. The fourth-order valence-electron chi connectivity index (χ4n) is 5.71. The van der Waals surface area contributed by atoms with Crippen molar-refractivity contribution in [1.82, 2.24) is 34.6 Å². The van der Waals surface area contributed by atoms with Gasteiger partial charge in [0, 0.05) is 56.5 Å². The van der Waals surface area contributed by atoms with Gasteiger partial charge < -0.3 is 19.8 Å². The third kappa shape index (κ3) is 6.05. The van der Waals surface area contributed by atoms with Crippen molar-refractivity contribution in [2.45, 2.75) is 53.2 Å². The monoisotopic (exact) mass is 489 g/mol. The van der Waals surface area contributed by atoms with Gasteiger partial charge in [0.1, 0.15) is 11.6 Å². The first-order valence-corrected chi connectivity index (χ1v) is 13.1. The molecule has 0 saturated carbocycles. The SMILES string of the molecule is CC(C)(C)CN1CC2(CCN(Cc3ccc(C(=O)N(Cc4ncc[nH]4)Cc4ncc[nH]4)cc3)CC2)C1. The topological polar surface area (TPSA) is 84.2 Å². The van der Waals surface area contributed by atoms with Crippen LogP contribution in [0.5, 0.6) is 0 Å². The second kappa shape index (κ2) is 10.2. The molecule has 5 rings (SSSR count). The number of aromatic nitrogens is 4. The predicted octanol–water partition coefficient (Wildman–Crippen LogP) is 3.92. The van der Waals surface area contributed by atoms with E-state index in [9.17, 15) is 4.79 Å². The van der Waals surface area contributed by atoms with Crippen molar-refractivity contribution in [1.29, 1.82) is 0 Å². The van der Waals surface area contributed by atoms with Crippen LogP contribution in [0.25, 0.3) is 0 Å². The molecule has 0 aliphatic carbocycles. The number of H-pyrrole nitrogens is 2. The fraction of sp³-hybridized carbons (Fsp3) is 0.536. The summed E-state index contributed by atoms with van der Waals surface area (Å²) in [7, 11) is 0. The van der Waals surface area contributed by atoms with Crippen LogP contribution in [0.2, 0.25) is 0 Å². The summed E-state index contributed by atoms with van der Waals surface area (Å²) >= 11 is 0. The van der Waals surface area contributed by atoms with E-state index in [-0.39, 0.29) is 5.91 Å². The molecule has 2 aromatic heterocycles. The summed E-state index contributed by atoms with van der Waals surface area (Å²) < 4.78 is 0. The van der Waals surface area contributed by atoms with Crippen molar-refractivity contribution >= 4 is 5.91 Å². The van der Waals surface area contributed by atoms with Crippen LogP contribution in [-0.4, -0.2) is 73.3 Å². The highest BCUT2D eigenvalue weighted by Gasteiger charge is 2.45. The zero-order valence-corrected chi connectivity index (χ0v) is 21.8. The number of nitrogens with zero attached hydrogens (tertiary/aromatic N) is 5. The van der Waals surface area contributed by atoms with E-state index in [2.05, 4.69) is 62.6 Å². The largest absolute Gasteiger partial charge is 0.347 e. The molecular formula is C28H39N7O. The quantitative estimate of drug-likeness (QED) is 0.501. The molecule has 0 unspecified atom stereocenters. The van der Waals surface area contributed by atoms with Crippen LogP contribution < -0.4 is 0 Å². The average molecular weight is 490 g/mol. The zero-order valence-electron chi connectivity index (χ0n) is 21.8. The van der Waals surface area contributed by atoms with Crippen molar-refractivity contribution in [2.24, 2.45) is 10.8 Å². The Morgan fingerprint density at radius 3 is 2.03 bits per heavy atom. The van der Waals surface area contributed by atoms with Crippen molar-refractivity contribution in [3.05, 3.63) is 71.8 Å². The van der Waals surface area contributed by atoms with Crippen LogP contribution in [-0.2, 0) is 19.6 Å². The number of amides is 1. The van der Waals surface area contributed by atoms with E-state index in [1.54, 1.807) is 29.7 Å². The molecule has 36 heavy (non-hydrogen) atoms. The molecule has 192 valence electrons. The molecule has 0 atom stereocenters. The van der Waals surface area contributed by atoms with Gasteiger partial charge in [-0.25, -0.2) is 9.97 Å². The Hall–Kier alpha value is -2.97. The number of likely N-dealkylation sites (tertiary alicyclic amines) is 2. The number of hydrogen-bond donors (Lipinski definition) is 2. The maximum absolute atomic E-state index is 13.4. The van der Waals surface area contributed by atoms with Gasteiger partial charge in [-0.1, -0.05) is 32.9 Å². The molecule has 8 nitrogen and oxygen atoms in total. The van der Waals surface area contributed by atoms with Crippen LogP contribution in [0.1, 0.15) is 61.2 Å². The number of hydrogen-bond acceptors (Lipinski definition) is 5. The second-order valence-electron chi connectivity index (χ2n) is 11.9. The molecule has 3 aromatic rings. The molecule has 4 heterocycles. The molecule has 2 N–H and O–H groups in total. The standard InChI is InChI=1S/C28H39N7O/c1-27(2,3)19-34-20-28(21-34)8-14-33(15-9-28)16-22-4-6-23(7-5-22)26(36)35(17-24-29-10-11-30-24)18-25-31-12-13-32-25/h4-7,10-13H,8-9,14-21H2,1-3H3,(H,29,30)(H,31,32). The summed E-state index contributed by atoms with van der Waals surface area (Å²) in [4.78, 5) is 35.1. The van der Waals surface area contributed by atoms with Gasteiger partial charge in [0.15, 0.2) is 0 Å². The van der Waals surface area contributed by atoms with Crippen molar-refractivity contribution in [2.75, 3.05) is 32.7 Å². The summed E-state index contributed by atoms with van der Waals surface area (Å²) in [5, 5.41) is 0. The molecule has 2 aliphatic heterocycles. The third-order valence-corrected chi connectivity index (χ3v) is 7.42. The molecule has 8 heteroatoms. The Bertz CT molecular complexity index is 1060. The van der Waals surface area contributed by atoms with E-state index < -0.39 is 0 Å². The highest BCUT2D eigenvalue weighted by molar-refractivity contribution is 5.94. The van der Waals surface area contributed by atoms with E-state index in [1.165, 1.54) is 38.0 Å². The zero-order chi connectivity index (χ0) is 25.2. The van der Waals surface area contributed by atoms with Crippen LogP contribution in [0.15, 0.2) is 49.1 Å². The van der Waals surface area contributed by atoms with Crippen molar-refractivity contribution in [3.8, 4) is 0 Å². The highest BCUT2D eigenvalue weighted by atomic mass is 16.2. The minimum Gasteiger partial charge on any atom is -0.347 e. The number of carbonyl (C=O) groups excluding carboxylic acids is 1. The van der Waals surface area contributed by atoms with Crippen LogP contribution in [0, 0.1) is 10.8 Å². The number of imidazole rings is 2. The van der Waals surface area contributed by atoms with Gasteiger partial charge in [0.05, 0.1) is 13.1 Å². The van der Waals surface area contributed by atoms with Crippen molar-refractivity contribution < 1.29 is 4.79 Å². The lowest BCUT2D eigenvalue weighted by Crippen LogP contribution is -2.61. The smallest absolute Gasteiger partial charge is 0.254 e. The second-order valence-corrected chi connectivity index (χ2v) is 11.9.